The molecule has 1 atom stereocenters. The minimum atomic E-state index is -0.334. The first kappa shape index (κ1) is 15.2. The van der Waals surface area contributed by atoms with E-state index in [-0.39, 0.29) is 17.6 Å². The zero-order chi connectivity index (χ0) is 14.7. The largest absolute Gasteiger partial charge is 0.462 e. The highest BCUT2D eigenvalue weighted by Crippen LogP contribution is 2.28. The van der Waals surface area contributed by atoms with Crippen molar-refractivity contribution in [3.8, 4) is 0 Å². The van der Waals surface area contributed by atoms with Crippen LogP contribution in [0.4, 0.5) is 0 Å². The lowest BCUT2D eigenvalue weighted by molar-refractivity contribution is 0.0523. The van der Waals surface area contributed by atoms with Gasteiger partial charge in [-0.25, -0.2) is 4.79 Å². The summed E-state index contributed by atoms with van der Waals surface area (Å²) in [5, 5.41) is 0. The van der Waals surface area contributed by atoms with Crippen LogP contribution in [0.3, 0.4) is 0 Å². The lowest BCUT2D eigenvalue weighted by atomic mass is 10.1. The first-order chi connectivity index (χ1) is 9.56. The quantitative estimate of drug-likeness (QED) is 0.805. The monoisotopic (exact) mass is 295 g/mol. The second kappa shape index (κ2) is 6.48. The molecule has 1 aliphatic heterocycles. The molecule has 0 bridgehead atoms. The summed E-state index contributed by atoms with van der Waals surface area (Å²) in [4.78, 5) is 24.4. The van der Waals surface area contributed by atoms with Gasteiger partial charge in [-0.1, -0.05) is 0 Å². The van der Waals surface area contributed by atoms with Gasteiger partial charge in [0.2, 0.25) is 0 Å². The van der Waals surface area contributed by atoms with Crippen molar-refractivity contribution in [3.63, 3.8) is 0 Å². The van der Waals surface area contributed by atoms with Crippen molar-refractivity contribution in [1.82, 2.24) is 4.57 Å². The molecule has 0 aliphatic carbocycles. The Labute approximate surface area is 123 Å². The van der Waals surface area contributed by atoms with E-state index in [1.165, 1.54) is 0 Å². The number of rotatable bonds is 3. The van der Waals surface area contributed by atoms with E-state index in [2.05, 4.69) is 0 Å². The highest BCUT2D eigenvalue weighted by Gasteiger charge is 2.23. The molecule has 0 amide bonds. The van der Waals surface area contributed by atoms with Gasteiger partial charge in [0.15, 0.2) is 0 Å². The van der Waals surface area contributed by atoms with Crippen LogP contribution in [-0.4, -0.2) is 28.6 Å². The topological polar surface area (TPSA) is 48.3 Å². The summed E-state index contributed by atoms with van der Waals surface area (Å²) in [5.74, 6) is 1.76. The van der Waals surface area contributed by atoms with Gasteiger partial charge in [0.1, 0.15) is 0 Å². The van der Waals surface area contributed by atoms with Crippen molar-refractivity contribution in [2.24, 2.45) is 0 Å². The van der Waals surface area contributed by atoms with Gasteiger partial charge in [0, 0.05) is 23.6 Å². The number of aryl methyl sites for hydroxylation is 1. The molecule has 0 aromatic carbocycles. The van der Waals surface area contributed by atoms with Crippen LogP contribution >= 0.6 is 11.8 Å². The minimum Gasteiger partial charge on any atom is -0.462 e. The van der Waals surface area contributed by atoms with Crippen LogP contribution in [-0.2, 0) is 4.74 Å². The number of aromatic nitrogens is 1. The smallest absolute Gasteiger partial charge is 0.340 e. The summed E-state index contributed by atoms with van der Waals surface area (Å²) in [5.41, 5.74) is 1.97. The number of hydrogen-bond acceptors (Lipinski definition) is 4. The third kappa shape index (κ3) is 2.92. The SMILES string of the molecule is CCOC(=O)c1c(C)cc(=O)n(C2CCCSC2)c1C. The number of hydrogen-bond donors (Lipinski definition) is 0. The van der Waals surface area contributed by atoms with Crippen LogP contribution in [0, 0.1) is 13.8 Å². The Morgan fingerprint density at radius 3 is 2.85 bits per heavy atom. The molecule has 0 radical (unpaired) electrons. The third-order valence-corrected chi connectivity index (χ3v) is 4.87. The number of pyridine rings is 1. The molecule has 0 N–H and O–H groups in total. The van der Waals surface area contributed by atoms with E-state index in [1.807, 2.05) is 18.7 Å². The normalized spacial score (nSPS) is 18.9. The Morgan fingerprint density at radius 2 is 2.25 bits per heavy atom. The zero-order valence-corrected chi connectivity index (χ0v) is 13.1. The van der Waals surface area contributed by atoms with Crippen LogP contribution in [0.15, 0.2) is 10.9 Å². The molecule has 2 rings (SSSR count). The maximum Gasteiger partial charge on any atom is 0.340 e. The highest BCUT2D eigenvalue weighted by atomic mass is 32.2. The molecule has 1 unspecified atom stereocenters. The first-order valence-electron chi connectivity index (χ1n) is 7.03. The molecule has 110 valence electrons. The number of ether oxygens (including phenoxy) is 1. The standard InChI is InChI=1S/C15H21NO3S/c1-4-19-15(18)14-10(2)8-13(17)16(11(14)3)12-6-5-7-20-9-12/h8,12H,4-7,9H2,1-3H3. The van der Waals surface area contributed by atoms with Crippen molar-refractivity contribution in [3.05, 3.63) is 33.2 Å². The van der Waals surface area contributed by atoms with Crippen molar-refractivity contribution in [2.45, 2.75) is 39.7 Å². The number of thioether (sulfide) groups is 1. The fourth-order valence-electron chi connectivity index (χ4n) is 2.79. The van der Waals surface area contributed by atoms with Gasteiger partial charge in [0.25, 0.3) is 5.56 Å². The third-order valence-electron chi connectivity index (χ3n) is 3.68. The first-order valence-corrected chi connectivity index (χ1v) is 8.19. The van der Waals surface area contributed by atoms with Crippen molar-refractivity contribution < 1.29 is 9.53 Å². The van der Waals surface area contributed by atoms with Gasteiger partial charge in [-0.15, -0.1) is 0 Å². The molecule has 5 heteroatoms. The molecule has 1 saturated heterocycles. The van der Waals surface area contributed by atoms with Crippen LogP contribution in [0.1, 0.15) is 47.4 Å². The van der Waals surface area contributed by atoms with Crippen molar-refractivity contribution >= 4 is 17.7 Å². The van der Waals surface area contributed by atoms with Crippen LogP contribution in [0.5, 0.6) is 0 Å². The summed E-state index contributed by atoms with van der Waals surface area (Å²) in [6, 6.07) is 1.74. The predicted octanol–water partition coefficient (Wildman–Crippen LogP) is 2.71. The molecular formula is C15H21NO3S. The summed E-state index contributed by atoms with van der Waals surface area (Å²) >= 11 is 1.87. The molecule has 2 heterocycles. The molecule has 1 fully saturated rings. The molecule has 20 heavy (non-hydrogen) atoms. The summed E-state index contributed by atoms with van der Waals surface area (Å²) in [6.45, 7) is 5.77. The van der Waals surface area contributed by atoms with Crippen LogP contribution < -0.4 is 5.56 Å². The van der Waals surface area contributed by atoms with E-state index in [0.717, 1.165) is 30.0 Å². The minimum absolute atomic E-state index is 0.0134. The van der Waals surface area contributed by atoms with Gasteiger partial charge in [0.05, 0.1) is 12.2 Å². The van der Waals surface area contributed by atoms with E-state index in [4.69, 9.17) is 4.74 Å². The molecule has 0 spiro atoms. The Balaban J connectivity index is 2.49. The van der Waals surface area contributed by atoms with Gasteiger partial charge in [-0.2, -0.15) is 11.8 Å². The summed E-state index contributed by atoms with van der Waals surface area (Å²) in [7, 11) is 0. The lowest BCUT2D eigenvalue weighted by Gasteiger charge is -2.26. The predicted molar refractivity (Wildman–Crippen MR) is 81.7 cm³/mol. The van der Waals surface area contributed by atoms with E-state index >= 15 is 0 Å². The Bertz CT molecular complexity index is 559. The van der Waals surface area contributed by atoms with Crippen molar-refractivity contribution in [2.75, 3.05) is 18.1 Å². The Hall–Kier alpha value is -1.23. The molecule has 4 nitrogen and oxygen atoms in total. The van der Waals surface area contributed by atoms with E-state index < -0.39 is 0 Å². The average Bonchev–Trinajstić information content (AvgIpc) is 2.39. The molecule has 1 aliphatic rings. The second-order valence-corrected chi connectivity index (χ2v) is 6.24. The van der Waals surface area contributed by atoms with Crippen LogP contribution in [0.2, 0.25) is 0 Å². The maximum atomic E-state index is 12.3. The number of esters is 1. The highest BCUT2D eigenvalue weighted by molar-refractivity contribution is 7.99. The van der Waals surface area contributed by atoms with Gasteiger partial charge >= 0.3 is 5.97 Å². The van der Waals surface area contributed by atoms with Crippen molar-refractivity contribution in [1.29, 1.82) is 0 Å². The number of nitrogens with zero attached hydrogens (tertiary/aromatic N) is 1. The summed E-state index contributed by atoms with van der Waals surface area (Å²) < 4.78 is 6.90. The summed E-state index contributed by atoms with van der Waals surface area (Å²) in [6.07, 6.45) is 2.11. The fraction of sp³-hybridized carbons (Fsp3) is 0.600. The molecule has 1 aromatic heterocycles. The Morgan fingerprint density at radius 1 is 1.50 bits per heavy atom. The lowest BCUT2D eigenvalue weighted by Crippen LogP contribution is -2.32. The fourth-order valence-corrected chi connectivity index (χ4v) is 3.92. The van der Waals surface area contributed by atoms with E-state index in [0.29, 0.717) is 17.7 Å². The van der Waals surface area contributed by atoms with Crippen LogP contribution in [0.25, 0.3) is 0 Å². The molecule has 0 saturated carbocycles. The van der Waals surface area contributed by atoms with Gasteiger partial charge in [-0.05, 0) is 44.9 Å². The van der Waals surface area contributed by atoms with Gasteiger partial charge in [-0.3, -0.25) is 4.79 Å². The average molecular weight is 295 g/mol. The molecule has 1 aromatic rings. The number of carbonyl (C=O) groups is 1. The van der Waals surface area contributed by atoms with E-state index in [9.17, 15) is 9.59 Å². The maximum absolute atomic E-state index is 12.3. The molecular weight excluding hydrogens is 274 g/mol. The zero-order valence-electron chi connectivity index (χ0n) is 12.3. The Kier molecular flexibility index (Phi) is 4.91. The van der Waals surface area contributed by atoms with Gasteiger partial charge < -0.3 is 9.30 Å². The van der Waals surface area contributed by atoms with E-state index in [1.54, 1.807) is 24.5 Å². The number of carbonyl (C=O) groups excluding carboxylic acids is 1. The second-order valence-electron chi connectivity index (χ2n) is 5.09.